The lowest BCUT2D eigenvalue weighted by atomic mass is 9.45. The van der Waals surface area contributed by atoms with Crippen molar-refractivity contribution in [2.45, 2.75) is 76.3 Å². The van der Waals surface area contributed by atoms with Gasteiger partial charge in [0.25, 0.3) is 0 Å². The zero-order chi connectivity index (χ0) is 17.1. The number of aliphatic hydroxyl groups excluding tert-OH is 1. The summed E-state index contributed by atoms with van der Waals surface area (Å²) in [6.07, 6.45) is 2.53. The number of ether oxygens (including phenoxy) is 2. The fraction of sp³-hybridized carbons (Fsp3) is 0.842. The van der Waals surface area contributed by atoms with Crippen LogP contribution in [0, 0.1) is 16.7 Å². The highest BCUT2D eigenvalue weighted by Crippen LogP contribution is 2.72. The normalized spacial score (nSPS) is 57.9. The van der Waals surface area contributed by atoms with Crippen LogP contribution in [0.5, 0.6) is 0 Å². The Labute approximate surface area is 142 Å². The van der Waals surface area contributed by atoms with Gasteiger partial charge in [-0.05, 0) is 49.7 Å². The van der Waals surface area contributed by atoms with Crippen molar-refractivity contribution in [2.75, 3.05) is 6.61 Å². The summed E-state index contributed by atoms with van der Waals surface area (Å²) in [5.41, 5.74) is -1.02. The van der Waals surface area contributed by atoms with Crippen molar-refractivity contribution >= 4 is 5.97 Å². The van der Waals surface area contributed by atoms with Crippen LogP contribution >= 0.6 is 0 Å². The fourth-order valence-corrected chi connectivity index (χ4v) is 6.64. The molecule has 0 aromatic rings. The second-order valence-electron chi connectivity index (χ2n) is 9.11. The van der Waals surface area contributed by atoms with Gasteiger partial charge in [0.2, 0.25) is 0 Å². The summed E-state index contributed by atoms with van der Waals surface area (Å²) >= 11 is 0. The lowest BCUT2D eigenvalue weighted by molar-refractivity contribution is -0.231. The number of esters is 1. The SMILES string of the molecule is CC1=C2C[C@]3(C)[C@@H](C)CC[C@@H]4OC(=O)[C@]5(CO)C[C@H]1O[C@]25C[C@@]43O. The van der Waals surface area contributed by atoms with E-state index < -0.39 is 22.7 Å². The molecule has 3 aliphatic heterocycles. The van der Waals surface area contributed by atoms with Crippen LogP contribution in [0.2, 0.25) is 0 Å². The van der Waals surface area contributed by atoms with E-state index in [0.29, 0.717) is 25.2 Å². The maximum absolute atomic E-state index is 13.1. The summed E-state index contributed by atoms with van der Waals surface area (Å²) in [7, 11) is 0. The van der Waals surface area contributed by atoms with Gasteiger partial charge in [0.1, 0.15) is 22.7 Å². The van der Waals surface area contributed by atoms with Crippen LogP contribution in [-0.4, -0.2) is 46.2 Å². The van der Waals surface area contributed by atoms with E-state index in [2.05, 4.69) is 20.8 Å². The van der Waals surface area contributed by atoms with E-state index in [0.717, 1.165) is 18.4 Å². The third kappa shape index (κ3) is 1.26. The zero-order valence-electron chi connectivity index (χ0n) is 14.6. The molecule has 3 bridgehead atoms. The monoisotopic (exact) mass is 334 g/mol. The molecule has 0 amide bonds. The van der Waals surface area contributed by atoms with E-state index in [1.165, 1.54) is 5.57 Å². The van der Waals surface area contributed by atoms with Gasteiger partial charge in [-0.15, -0.1) is 0 Å². The van der Waals surface area contributed by atoms with E-state index in [1.807, 2.05) is 0 Å². The largest absolute Gasteiger partial charge is 0.459 e. The van der Waals surface area contributed by atoms with Crippen molar-refractivity contribution in [3.63, 3.8) is 0 Å². The van der Waals surface area contributed by atoms with Crippen LogP contribution < -0.4 is 0 Å². The molecule has 1 spiro atoms. The highest BCUT2D eigenvalue weighted by Gasteiger charge is 2.79. The number of carbonyl (C=O) groups excluding carboxylic acids is 1. The molecule has 0 aromatic heterocycles. The summed E-state index contributed by atoms with van der Waals surface area (Å²) in [6.45, 7) is 6.14. The van der Waals surface area contributed by atoms with Gasteiger partial charge in [0.15, 0.2) is 0 Å². The van der Waals surface area contributed by atoms with Gasteiger partial charge < -0.3 is 19.7 Å². The van der Waals surface area contributed by atoms with Crippen molar-refractivity contribution in [1.82, 2.24) is 0 Å². The molecule has 2 aliphatic carbocycles. The van der Waals surface area contributed by atoms with Crippen molar-refractivity contribution in [2.24, 2.45) is 16.7 Å². The van der Waals surface area contributed by atoms with E-state index in [9.17, 15) is 15.0 Å². The minimum Gasteiger partial charge on any atom is -0.459 e. The van der Waals surface area contributed by atoms with Crippen molar-refractivity contribution < 1.29 is 24.5 Å². The quantitative estimate of drug-likeness (QED) is 0.564. The summed E-state index contributed by atoms with van der Waals surface area (Å²) in [6, 6.07) is 0. The molecule has 24 heavy (non-hydrogen) atoms. The Morgan fingerprint density at radius 3 is 2.79 bits per heavy atom. The lowest BCUT2D eigenvalue weighted by Gasteiger charge is -2.61. The highest BCUT2D eigenvalue weighted by atomic mass is 16.6. The molecule has 5 nitrogen and oxygen atoms in total. The van der Waals surface area contributed by atoms with Crippen LogP contribution in [0.4, 0.5) is 0 Å². The molecule has 0 unspecified atom stereocenters. The molecule has 5 aliphatic rings. The molecule has 2 saturated carbocycles. The molecule has 4 fully saturated rings. The van der Waals surface area contributed by atoms with Gasteiger partial charge in [-0.2, -0.15) is 0 Å². The molecular weight excluding hydrogens is 308 g/mol. The van der Waals surface area contributed by atoms with Crippen LogP contribution in [-0.2, 0) is 14.3 Å². The van der Waals surface area contributed by atoms with Crippen LogP contribution in [0.25, 0.3) is 0 Å². The van der Waals surface area contributed by atoms with Gasteiger partial charge in [-0.1, -0.05) is 13.8 Å². The number of rotatable bonds is 1. The number of carbonyl (C=O) groups is 1. The second-order valence-corrected chi connectivity index (χ2v) is 9.11. The maximum atomic E-state index is 13.1. The molecule has 2 saturated heterocycles. The molecule has 132 valence electrons. The number of aliphatic hydroxyl groups is 2. The van der Waals surface area contributed by atoms with E-state index in [1.54, 1.807) is 0 Å². The molecule has 5 rings (SSSR count). The van der Waals surface area contributed by atoms with Gasteiger partial charge in [-0.3, -0.25) is 4.79 Å². The smallest absolute Gasteiger partial charge is 0.318 e. The second kappa shape index (κ2) is 4.08. The minimum absolute atomic E-state index is 0.140. The fourth-order valence-electron chi connectivity index (χ4n) is 6.64. The molecule has 0 aromatic carbocycles. The van der Waals surface area contributed by atoms with Gasteiger partial charge in [-0.25, -0.2) is 0 Å². The average Bonchev–Trinajstić information content (AvgIpc) is 2.97. The third-order valence-corrected chi connectivity index (χ3v) is 8.54. The number of hydrogen-bond donors (Lipinski definition) is 2. The summed E-state index contributed by atoms with van der Waals surface area (Å²) < 4.78 is 12.2. The highest BCUT2D eigenvalue weighted by molar-refractivity contribution is 5.83. The van der Waals surface area contributed by atoms with Crippen LogP contribution in [0.3, 0.4) is 0 Å². The molecule has 0 radical (unpaired) electrons. The molecular formula is C19H26O5. The Kier molecular flexibility index (Phi) is 2.61. The van der Waals surface area contributed by atoms with Crippen LogP contribution in [0.15, 0.2) is 11.1 Å². The summed E-state index contributed by atoms with van der Waals surface area (Å²) in [4.78, 5) is 13.1. The maximum Gasteiger partial charge on any atom is 0.318 e. The third-order valence-electron chi connectivity index (χ3n) is 8.54. The predicted octanol–water partition coefficient (Wildman–Crippen LogP) is 1.71. The van der Waals surface area contributed by atoms with E-state index >= 15 is 0 Å². The van der Waals surface area contributed by atoms with Gasteiger partial charge >= 0.3 is 5.97 Å². The Morgan fingerprint density at radius 2 is 2.08 bits per heavy atom. The summed E-state index contributed by atoms with van der Waals surface area (Å²) in [5.74, 6) is -0.0342. The molecule has 7 atom stereocenters. The van der Waals surface area contributed by atoms with Crippen molar-refractivity contribution in [1.29, 1.82) is 0 Å². The predicted molar refractivity (Wildman–Crippen MR) is 85.0 cm³/mol. The van der Waals surface area contributed by atoms with Gasteiger partial charge in [0, 0.05) is 11.8 Å². The van der Waals surface area contributed by atoms with E-state index in [-0.39, 0.29) is 24.1 Å². The van der Waals surface area contributed by atoms with Crippen LogP contribution in [0.1, 0.15) is 52.9 Å². The average molecular weight is 334 g/mol. The lowest BCUT2D eigenvalue weighted by Crippen LogP contribution is -2.68. The summed E-state index contributed by atoms with van der Waals surface area (Å²) in [5, 5.41) is 22.1. The minimum atomic E-state index is -1.10. The zero-order valence-corrected chi connectivity index (χ0v) is 14.6. The molecule has 2 N–H and O–H groups in total. The first kappa shape index (κ1) is 15.4. The first-order valence-electron chi connectivity index (χ1n) is 9.16. The first-order chi connectivity index (χ1) is 11.2. The number of hydrogen-bond acceptors (Lipinski definition) is 5. The number of fused-ring (bicyclic) bond motifs is 1. The molecule has 3 heterocycles. The van der Waals surface area contributed by atoms with Crippen molar-refractivity contribution in [3.8, 4) is 0 Å². The Morgan fingerprint density at radius 1 is 1.33 bits per heavy atom. The molecule has 5 heteroatoms. The Hall–Kier alpha value is -0.910. The first-order valence-corrected chi connectivity index (χ1v) is 9.16. The van der Waals surface area contributed by atoms with Gasteiger partial charge in [0.05, 0.1) is 12.7 Å². The Balaban J connectivity index is 1.80. The van der Waals surface area contributed by atoms with Crippen molar-refractivity contribution in [3.05, 3.63) is 11.1 Å². The van der Waals surface area contributed by atoms with E-state index in [4.69, 9.17) is 9.47 Å². The topological polar surface area (TPSA) is 76.0 Å². The standard InChI is InChI=1S/C19H26O5/c1-10-4-5-14-18(22)8-19-12(6-16(10,18)3)11(2)13(24-19)7-17(19,9-20)15(21)23-14/h10,13-14,20,22H,4-9H2,1-3H3/t10-,13+,14-,16+,17+,18+,19+/m0/s1. The Bertz CT molecular complexity index is 685.